The molecule has 1 nitrogen and oxygen atoms in total. The molecule has 0 aliphatic heterocycles. The zero-order valence-electron chi connectivity index (χ0n) is 12.1. The molecule has 0 aliphatic carbocycles. The Hall–Kier alpha value is -1.89. The van der Waals surface area contributed by atoms with E-state index in [1.54, 1.807) is 0 Å². The van der Waals surface area contributed by atoms with Gasteiger partial charge in [-0.05, 0) is 54.7 Å². The van der Waals surface area contributed by atoms with Crippen LogP contribution in [0, 0.1) is 20.8 Å². The van der Waals surface area contributed by atoms with E-state index in [2.05, 4.69) is 39.0 Å². The second-order valence-corrected chi connectivity index (χ2v) is 5.11. The highest BCUT2D eigenvalue weighted by Gasteiger charge is 2.08. The van der Waals surface area contributed by atoms with E-state index >= 15 is 0 Å². The van der Waals surface area contributed by atoms with Crippen molar-refractivity contribution in [3.05, 3.63) is 58.7 Å². The molecule has 19 heavy (non-hydrogen) atoms. The highest BCUT2D eigenvalue weighted by molar-refractivity contribution is 5.97. The van der Waals surface area contributed by atoms with Gasteiger partial charge in [0, 0.05) is 12.0 Å². The third-order valence-corrected chi connectivity index (χ3v) is 3.66. The van der Waals surface area contributed by atoms with Crippen LogP contribution in [0.5, 0.6) is 0 Å². The Morgan fingerprint density at radius 2 is 1.63 bits per heavy atom. The van der Waals surface area contributed by atoms with Gasteiger partial charge < -0.3 is 0 Å². The van der Waals surface area contributed by atoms with Crippen molar-refractivity contribution in [3.63, 3.8) is 0 Å². The van der Waals surface area contributed by atoms with Crippen LogP contribution in [0.2, 0.25) is 0 Å². The number of aryl methyl sites for hydroxylation is 3. The minimum atomic E-state index is 0.198. The number of carbonyl (C=O) groups excluding carboxylic acids is 1. The molecule has 2 aromatic carbocycles. The predicted octanol–water partition coefficient (Wildman–Crippen LogP) is 4.87. The summed E-state index contributed by atoms with van der Waals surface area (Å²) < 4.78 is 0. The average molecular weight is 252 g/mol. The van der Waals surface area contributed by atoms with Gasteiger partial charge in [-0.25, -0.2) is 0 Å². The van der Waals surface area contributed by atoms with Crippen molar-refractivity contribution >= 4 is 5.78 Å². The number of hydrogen-bond acceptors (Lipinski definition) is 1. The summed E-state index contributed by atoms with van der Waals surface area (Å²) in [6.45, 7) is 8.27. The second-order valence-electron chi connectivity index (χ2n) is 5.11. The maximum atomic E-state index is 11.8. The molecule has 0 N–H and O–H groups in total. The van der Waals surface area contributed by atoms with Crippen LogP contribution < -0.4 is 0 Å². The van der Waals surface area contributed by atoms with E-state index < -0.39 is 0 Å². The van der Waals surface area contributed by atoms with E-state index in [0.717, 1.165) is 11.1 Å². The molecule has 0 saturated carbocycles. The van der Waals surface area contributed by atoms with Gasteiger partial charge in [-0.1, -0.05) is 37.3 Å². The molecule has 0 radical (unpaired) electrons. The van der Waals surface area contributed by atoms with E-state index in [1.807, 2.05) is 25.1 Å². The summed E-state index contributed by atoms with van der Waals surface area (Å²) in [5.41, 5.74) is 6.99. The van der Waals surface area contributed by atoms with Crippen molar-refractivity contribution in [2.24, 2.45) is 0 Å². The number of carbonyl (C=O) groups is 1. The summed E-state index contributed by atoms with van der Waals surface area (Å²) >= 11 is 0. The van der Waals surface area contributed by atoms with Crippen molar-refractivity contribution in [1.82, 2.24) is 0 Å². The summed E-state index contributed by atoms with van der Waals surface area (Å²) in [5.74, 6) is 0.198. The van der Waals surface area contributed by atoms with Crippen LogP contribution in [0.4, 0.5) is 0 Å². The number of rotatable bonds is 3. The Morgan fingerprint density at radius 3 is 2.32 bits per heavy atom. The molecule has 0 spiro atoms. The molecule has 2 rings (SSSR count). The molecular weight excluding hydrogens is 232 g/mol. The molecule has 2 aromatic rings. The van der Waals surface area contributed by atoms with Gasteiger partial charge in [0.25, 0.3) is 0 Å². The Kier molecular flexibility index (Phi) is 3.84. The minimum Gasteiger partial charge on any atom is -0.294 e. The summed E-state index contributed by atoms with van der Waals surface area (Å²) in [6.07, 6.45) is 0.551. The number of benzene rings is 2. The normalized spacial score (nSPS) is 10.5. The van der Waals surface area contributed by atoms with Crippen molar-refractivity contribution in [2.45, 2.75) is 34.1 Å². The molecule has 0 aromatic heterocycles. The van der Waals surface area contributed by atoms with Gasteiger partial charge in [-0.3, -0.25) is 4.79 Å². The summed E-state index contributed by atoms with van der Waals surface area (Å²) in [6, 6.07) is 12.4. The molecule has 0 unspecified atom stereocenters. The van der Waals surface area contributed by atoms with Crippen molar-refractivity contribution in [2.75, 3.05) is 0 Å². The van der Waals surface area contributed by atoms with Crippen molar-refractivity contribution in [3.8, 4) is 11.1 Å². The van der Waals surface area contributed by atoms with Gasteiger partial charge in [-0.2, -0.15) is 0 Å². The lowest BCUT2D eigenvalue weighted by molar-refractivity contribution is 0.0988. The molecule has 0 heterocycles. The maximum Gasteiger partial charge on any atom is 0.162 e. The molecule has 0 bridgehead atoms. The number of hydrogen-bond donors (Lipinski definition) is 0. The largest absolute Gasteiger partial charge is 0.294 e. The molecule has 1 heteroatoms. The van der Waals surface area contributed by atoms with Crippen molar-refractivity contribution in [1.29, 1.82) is 0 Å². The van der Waals surface area contributed by atoms with Gasteiger partial charge in [-0.15, -0.1) is 0 Å². The van der Waals surface area contributed by atoms with Crippen LogP contribution in [-0.2, 0) is 0 Å². The molecule has 0 amide bonds. The lowest BCUT2D eigenvalue weighted by Gasteiger charge is -2.11. The van der Waals surface area contributed by atoms with Gasteiger partial charge >= 0.3 is 0 Å². The molecular formula is C18H20O. The number of Topliss-reactive ketones (excluding diaryl/α,β-unsaturated/α-hetero) is 1. The predicted molar refractivity (Wildman–Crippen MR) is 80.7 cm³/mol. The van der Waals surface area contributed by atoms with Crippen LogP contribution in [0.25, 0.3) is 11.1 Å². The molecule has 0 atom stereocenters. The lowest BCUT2D eigenvalue weighted by Crippen LogP contribution is -1.97. The van der Waals surface area contributed by atoms with E-state index in [0.29, 0.717) is 6.42 Å². The second kappa shape index (κ2) is 5.40. The van der Waals surface area contributed by atoms with Gasteiger partial charge in [0.1, 0.15) is 0 Å². The lowest BCUT2D eigenvalue weighted by atomic mass is 9.94. The first-order valence-corrected chi connectivity index (χ1v) is 6.74. The fourth-order valence-electron chi connectivity index (χ4n) is 2.34. The average Bonchev–Trinajstić information content (AvgIpc) is 2.42. The molecule has 98 valence electrons. The number of ketones is 1. The quantitative estimate of drug-likeness (QED) is 0.712. The topological polar surface area (TPSA) is 17.1 Å². The van der Waals surface area contributed by atoms with Crippen LogP contribution in [0.1, 0.15) is 40.4 Å². The summed E-state index contributed by atoms with van der Waals surface area (Å²) in [4.78, 5) is 11.8. The highest BCUT2D eigenvalue weighted by atomic mass is 16.1. The van der Waals surface area contributed by atoms with Crippen LogP contribution in [-0.4, -0.2) is 5.78 Å². The first-order chi connectivity index (χ1) is 9.02. The van der Waals surface area contributed by atoms with Crippen LogP contribution >= 0.6 is 0 Å². The Balaban J connectivity index is 2.53. The minimum absolute atomic E-state index is 0.198. The van der Waals surface area contributed by atoms with Gasteiger partial charge in [0.15, 0.2) is 5.78 Å². The maximum absolute atomic E-state index is 11.8. The van der Waals surface area contributed by atoms with Gasteiger partial charge in [0.05, 0.1) is 0 Å². The fourth-order valence-corrected chi connectivity index (χ4v) is 2.34. The molecule has 0 aliphatic rings. The summed E-state index contributed by atoms with van der Waals surface area (Å²) in [7, 11) is 0. The first kappa shape index (κ1) is 13.5. The van der Waals surface area contributed by atoms with Crippen molar-refractivity contribution < 1.29 is 4.79 Å². The first-order valence-electron chi connectivity index (χ1n) is 6.74. The van der Waals surface area contributed by atoms with Gasteiger partial charge in [0.2, 0.25) is 0 Å². The third kappa shape index (κ3) is 2.76. The SMILES string of the molecule is CCC(=O)c1cccc(-c2cc(C)c(C)cc2C)c1. The van der Waals surface area contributed by atoms with E-state index in [9.17, 15) is 4.79 Å². The van der Waals surface area contributed by atoms with E-state index in [1.165, 1.54) is 22.3 Å². The zero-order chi connectivity index (χ0) is 14.0. The Morgan fingerprint density at radius 1 is 0.947 bits per heavy atom. The van der Waals surface area contributed by atoms with E-state index in [4.69, 9.17) is 0 Å². The molecule has 0 fully saturated rings. The standard InChI is InChI=1S/C18H20O/c1-5-18(19)16-8-6-7-15(11-16)17-10-13(3)12(2)9-14(17)4/h6-11H,5H2,1-4H3. The smallest absolute Gasteiger partial charge is 0.162 e. The Labute approximate surface area is 115 Å². The third-order valence-electron chi connectivity index (χ3n) is 3.66. The zero-order valence-corrected chi connectivity index (χ0v) is 12.1. The monoisotopic (exact) mass is 252 g/mol. The van der Waals surface area contributed by atoms with Crippen LogP contribution in [0.15, 0.2) is 36.4 Å². The van der Waals surface area contributed by atoms with E-state index in [-0.39, 0.29) is 5.78 Å². The van der Waals surface area contributed by atoms with Crippen LogP contribution in [0.3, 0.4) is 0 Å². The molecule has 0 saturated heterocycles. The highest BCUT2D eigenvalue weighted by Crippen LogP contribution is 2.27. The fraction of sp³-hybridized carbons (Fsp3) is 0.278. The Bertz CT molecular complexity index is 624. The summed E-state index contributed by atoms with van der Waals surface area (Å²) in [5, 5.41) is 0.